The molecule has 0 aromatic heterocycles. The lowest BCUT2D eigenvalue weighted by molar-refractivity contribution is -0.138. The summed E-state index contributed by atoms with van der Waals surface area (Å²) in [5, 5.41) is 2.58. The van der Waals surface area contributed by atoms with Crippen LogP contribution in [0.5, 0.6) is 0 Å². The van der Waals surface area contributed by atoms with E-state index in [4.69, 9.17) is 17.3 Å². The Kier molecular flexibility index (Phi) is 3.94. The number of hydrogen-bond acceptors (Lipinski definition) is 4. The van der Waals surface area contributed by atoms with Crippen molar-refractivity contribution in [1.82, 2.24) is 10.2 Å². The van der Waals surface area contributed by atoms with Crippen molar-refractivity contribution in [3.8, 4) is 0 Å². The summed E-state index contributed by atoms with van der Waals surface area (Å²) in [6, 6.07) is 3.84. The van der Waals surface area contributed by atoms with Crippen LogP contribution in [-0.4, -0.2) is 35.2 Å². The largest absolute Gasteiger partial charge is 0.398 e. The van der Waals surface area contributed by atoms with Crippen molar-refractivity contribution in [2.24, 2.45) is 0 Å². The second kappa shape index (κ2) is 5.50. The molecular formula is C13H14ClN3O3. The number of halogens is 1. The number of imide groups is 1. The third-order valence-corrected chi connectivity index (χ3v) is 3.38. The summed E-state index contributed by atoms with van der Waals surface area (Å²) in [5.74, 6) is -1.45. The van der Waals surface area contributed by atoms with Crippen LogP contribution in [0.15, 0.2) is 18.2 Å². The van der Waals surface area contributed by atoms with Gasteiger partial charge in [-0.2, -0.15) is 0 Å². The molecule has 7 heteroatoms. The molecule has 1 aromatic rings. The molecule has 0 radical (unpaired) electrons. The van der Waals surface area contributed by atoms with Crippen LogP contribution in [0.1, 0.15) is 23.7 Å². The Morgan fingerprint density at radius 3 is 2.85 bits per heavy atom. The summed E-state index contributed by atoms with van der Waals surface area (Å²) < 4.78 is 0. The predicted molar refractivity (Wildman–Crippen MR) is 74.1 cm³/mol. The smallest absolute Gasteiger partial charge is 0.257 e. The van der Waals surface area contributed by atoms with Gasteiger partial charge >= 0.3 is 0 Å². The molecule has 0 bridgehead atoms. The van der Waals surface area contributed by atoms with Gasteiger partial charge in [0.05, 0.1) is 5.56 Å². The van der Waals surface area contributed by atoms with Crippen LogP contribution in [-0.2, 0) is 9.59 Å². The zero-order valence-electron chi connectivity index (χ0n) is 10.9. The second-order valence-electron chi connectivity index (χ2n) is 4.50. The Labute approximate surface area is 120 Å². The van der Waals surface area contributed by atoms with Crippen LogP contribution in [0, 0.1) is 0 Å². The molecule has 1 aliphatic heterocycles. The topological polar surface area (TPSA) is 92.5 Å². The molecule has 1 fully saturated rings. The molecule has 2 rings (SSSR count). The second-order valence-corrected chi connectivity index (χ2v) is 4.94. The number of anilines is 1. The third kappa shape index (κ3) is 2.60. The van der Waals surface area contributed by atoms with Crippen LogP contribution in [0.4, 0.5) is 5.69 Å². The molecule has 0 aliphatic carbocycles. The number of piperazine rings is 1. The lowest BCUT2D eigenvalue weighted by Crippen LogP contribution is -2.59. The van der Waals surface area contributed by atoms with Crippen LogP contribution in [0.25, 0.3) is 0 Å². The summed E-state index contributed by atoms with van der Waals surface area (Å²) in [7, 11) is 0. The van der Waals surface area contributed by atoms with Gasteiger partial charge < -0.3 is 10.6 Å². The number of nitrogen functional groups attached to an aromatic ring is 1. The maximum atomic E-state index is 12.5. The van der Waals surface area contributed by atoms with Gasteiger partial charge in [-0.15, -0.1) is 0 Å². The molecule has 1 heterocycles. The Bertz CT molecular complexity index is 588. The molecule has 1 atom stereocenters. The number of nitrogens with two attached hydrogens (primary N) is 1. The van der Waals surface area contributed by atoms with Crippen molar-refractivity contribution in [3.63, 3.8) is 0 Å². The highest BCUT2D eigenvalue weighted by atomic mass is 35.5. The molecule has 106 valence electrons. The molecule has 1 unspecified atom stereocenters. The van der Waals surface area contributed by atoms with Crippen molar-refractivity contribution < 1.29 is 14.4 Å². The SMILES string of the molecule is CCC1C(=O)NC(=O)CN1C(=O)c1cc(Cl)ccc1N. The van der Waals surface area contributed by atoms with Gasteiger partial charge in [-0.05, 0) is 24.6 Å². The molecule has 1 aliphatic rings. The minimum absolute atomic E-state index is 0.172. The van der Waals surface area contributed by atoms with E-state index in [9.17, 15) is 14.4 Å². The quantitative estimate of drug-likeness (QED) is 0.623. The average Bonchev–Trinajstić information content (AvgIpc) is 2.40. The highest BCUT2D eigenvalue weighted by Crippen LogP contribution is 2.22. The monoisotopic (exact) mass is 295 g/mol. The number of benzene rings is 1. The minimum Gasteiger partial charge on any atom is -0.398 e. The van der Waals surface area contributed by atoms with Crippen molar-refractivity contribution in [2.45, 2.75) is 19.4 Å². The lowest BCUT2D eigenvalue weighted by Gasteiger charge is -2.33. The zero-order chi connectivity index (χ0) is 14.9. The van der Waals surface area contributed by atoms with Crippen molar-refractivity contribution >= 4 is 35.0 Å². The Hall–Kier alpha value is -2.08. The molecule has 1 aromatic carbocycles. The first-order chi connectivity index (χ1) is 9.43. The summed E-state index contributed by atoms with van der Waals surface area (Å²) in [6.45, 7) is 1.59. The van der Waals surface area contributed by atoms with Gasteiger partial charge in [0.15, 0.2) is 0 Å². The number of carbonyl (C=O) groups excluding carboxylic acids is 3. The van der Waals surface area contributed by atoms with E-state index in [1.54, 1.807) is 13.0 Å². The van der Waals surface area contributed by atoms with Gasteiger partial charge in [-0.3, -0.25) is 19.7 Å². The van der Waals surface area contributed by atoms with Crippen LogP contribution < -0.4 is 11.1 Å². The van der Waals surface area contributed by atoms with E-state index in [-0.39, 0.29) is 17.8 Å². The van der Waals surface area contributed by atoms with Crippen molar-refractivity contribution in [1.29, 1.82) is 0 Å². The lowest BCUT2D eigenvalue weighted by atomic mass is 10.1. The highest BCUT2D eigenvalue weighted by molar-refractivity contribution is 6.31. The normalized spacial score (nSPS) is 18.9. The van der Waals surface area contributed by atoms with Crippen molar-refractivity contribution in [3.05, 3.63) is 28.8 Å². The van der Waals surface area contributed by atoms with Crippen LogP contribution in [0.3, 0.4) is 0 Å². The Balaban J connectivity index is 2.37. The molecule has 0 spiro atoms. The molecule has 1 saturated heterocycles. The number of carbonyl (C=O) groups is 3. The standard InChI is InChI=1S/C13H14ClN3O3/c1-2-10-12(19)16-11(18)6-17(10)13(20)8-5-7(14)3-4-9(8)15/h3-5,10H,2,6,15H2,1H3,(H,16,18,19). The van der Waals surface area contributed by atoms with Crippen LogP contribution >= 0.6 is 11.6 Å². The van der Waals surface area contributed by atoms with Gasteiger partial charge in [0.2, 0.25) is 11.8 Å². The maximum Gasteiger partial charge on any atom is 0.257 e. The number of hydrogen-bond donors (Lipinski definition) is 2. The summed E-state index contributed by atoms with van der Waals surface area (Å²) in [4.78, 5) is 36.9. The number of nitrogens with one attached hydrogen (secondary N) is 1. The van der Waals surface area contributed by atoms with E-state index in [2.05, 4.69) is 5.32 Å². The summed E-state index contributed by atoms with van der Waals surface area (Å²) >= 11 is 5.85. The summed E-state index contributed by atoms with van der Waals surface area (Å²) in [5.41, 5.74) is 6.21. The third-order valence-electron chi connectivity index (χ3n) is 3.15. The van der Waals surface area contributed by atoms with E-state index in [0.717, 1.165) is 0 Å². The number of amides is 3. The fourth-order valence-corrected chi connectivity index (χ4v) is 2.33. The highest BCUT2D eigenvalue weighted by Gasteiger charge is 2.36. The molecular weight excluding hydrogens is 282 g/mol. The van der Waals surface area contributed by atoms with Gasteiger partial charge in [-0.25, -0.2) is 0 Å². The molecule has 0 saturated carbocycles. The fourth-order valence-electron chi connectivity index (χ4n) is 2.15. The first-order valence-electron chi connectivity index (χ1n) is 6.13. The Morgan fingerprint density at radius 2 is 2.20 bits per heavy atom. The van der Waals surface area contributed by atoms with E-state index in [1.165, 1.54) is 17.0 Å². The van der Waals surface area contributed by atoms with Gasteiger partial charge in [-0.1, -0.05) is 18.5 Å². The van der Waals surface area contributed by atoms with Gasteiger partial charge in [0, 0.05) is 10.7 Å². The van der Waals surface area contributed by atoms with Gasteiger partial charge in [0.25, 0.3) is 5.91 Å². The number of rotatable bonds is 2. The molecule has 3 N–H and O–H groups in total. The van der Waals surface area contributed by atoms with Crippen LogP contribution in [0.2, 0.25) is 5.02 Å². The fraction of sp³-hybridized carbons (Fsp3) is 0.308. The first kappa shape index (κ1) is 14.3. The van der Waals surface area contributed by atoms with Gasteiger partial charge in [0.1, 0.15) is 12.6 Å². The average molecular weight is 296 g/mol. The molecule has 3 amide bonds. The van der Waals surface area contributed by atoms with E-state index < -0.39 is 23.8 Å². The predicted octanol–water partition coefficient (Wildman–Crippen LogP) is 0.799. The van der Waals surface area contributed by atoms with E-state index in [0.29, 0.717) is 11.4 Å². The minimum atomic E-state index is -0.682. The molecule has 6 nitrogen and oxygen atoms in total. The maximum absolute atomic E-state index is 12.5. The number of nitrogens with zero attached hydrogens (tertiary/aromatic N) is 1. The first-order valence-corrected chi connectivity index (χ1v) is 6.51. The van der Waals surface area contributed by atoms with E-state index >= 15 is 0 Å². The zero-order valence-corrected chi connectivity index (χ0v) is 11.6. The molecule has 20 heavy (non-hydrogen) atoms. The van der Waals surface area contributed by atoms with Crippen molar-refractivity contribution in [2.75, 3.05) is 12.3 Å². The van der Waals surface area contributed by atoms with E-state index in [1.807, 2.05) is 0 Å². The summed E-state index contributed by atoms with van der Waals surface area (Å²) in [6.07, 6.45) is 0.408. The Morgan fingerprint density at radius 1 is 1.50 bits per heavy atom.